The summed E-state index contributed by atoms with van der Waals surface area (Å²) >= 11 is 5.93. The van der Waals surface area contributed by atoms with Gasteiger partial charge in [0, 0.05) is 5.39 Å². The van der Waals surface area contributed by atoms with E-state index in [9.17, 15) is 4.39 Å². The number of halogens is 2. The Bertz CT molecular complexity index is 783. The van der Waals surface area contributed by atoms with E-state index in [1.165, 1.54) is 69.8 Å². The zero-order chi connectivity index (χ0) is 18.8. The molecule has 146 valence electrons. The smallest absolute Gasteiger partial charge is 0.149 e. The van der Waals surface area contributed by atoms with E-state index in [2.05, 4.69) is 19.1 Å². The average molecular weight is 387 g/mol. The van der Waals surface area contributed by atoms with Gasteiger partial charge in [0.05, 0.1) is 5.02 Å². The normalized spacial score (nSPS) is 28.3. The van der Waals surface area contributed by atoms with Crippen LogP contribution in [0.1, 0.15) is 82.6 Å². The second-order valence-corrected chi connectivity index (χ2v) is 9.45. The fourth-order valence-electron chi connectivity index (χ4n) is 5.77. The van der Waals surface area contributed by atoms with Gasteiger partial charge in [-0.15, -0.1) is 0 Å². The molecule has 0 amide bonds. The van der Waals surface area contributed by atoms with Gasteiger partial charge < -0.3 is 0 Å². The maximum absolute atomic E-state index is 14.2. The summed E-state index contributed by atoms with van der Waals surface area (Å²) < 4.78 is 14.2. The van der Waals surface area contributed by atoms with Crippen LogP contribution in [-0.4, -0.2) is 0 Å². The molecule has 2 saturated carbocycles. The quantitative estimate of drug-likeness (QED) is 0.451. The first kappa shape index (κ1) is 19.2. The highest BCUT2D eigenvalue weighted by molar-refractivity contribution is 6.31. The van der Waals surface area contributed by atoms with Gasteiger partial charge in [-0.05, 0) is 72.8 Å². The zero-order valence-corrected chi connectivity index (χ0v) is 17.3. The summed E-state index contributed by atoms with van der Waals surface area (Å²) in [5.41, 5.74) is 1.40. The van der Waals surface area contributed by atoms with Crippen LogP contribution in [0.4, 0.5) is 4.39 Å². The first-order valence-corrected chi connectivity index (χ1v) is 11.4. The Hall–Kier alpha value is -1.08. The molecule has 0 radical (unpaired) electrons. The van der Waals surface area contributed by atoms with Gasteiger partial charge >= 0.3 is 0 Å². The molecule has 2 aromatic carbocycles. The van der Waals surface area contributed by atoms with Crippen LogP contribution < -0.4 is 0 Å². The molecule has 0 heterocycles. The molecule has 4 atom stereocenters. The minimum absolute atomic E-state index is 0.214. The Balaban J connectivity index is 1.41. The van der Waals surface area contributed by atoms with Crippen LogP contribution in [0.25, 0.3) is 10.8 Å². The van der Waals surface area contributed by atoms with Gasteiger partial charge in [-0.25, -0.2) is 4.39 Å². The zero-order valence-electron chi connectivity index (χ0n) is 16.5. The van der Waals surface area contributed by atoms with Crippen molar-refractivity contribution in [1.29, 1.82) is 0 Å². The molecule has 0 nitrogen and oxygen atoms in total. The molecule has 0 aromatic heterocycles. The van der Waals surface area contributed by atoms with Crippen molar-refractivity contribution in [1.82, 2.24) is 0 Å². The van der Waals surface area contributed by atoms with Crippen molar-refractivity contribution in [2.75, 3.05) is 0 Å². The van der Waals surface area contributed by atoms with Gasteiger partial charge in [-0.1, -0.05) is 74.9 Å². The summed E-state index contributed by atoms with van der Waals surface area (Å²) in [5.74, 6) is 3.21. The Morgan fingerprint density at radius 2 is 1.78 bits per heavy atom. The molecular formula is C25H32ClF. The van der Waals surface area contributed by atoms with E-state index in [0.29, 0.717) is 11.3 Å². The van der Waals surface area contributed by atoms with Gasteiger partial charge in [0.25, 0.3) is 0 Å². The minimum Gasteiger partial charge on any atom is -0.205 e. The SMILES string of the molecule is CCCCC[C@@H]1CC[C@@H]2CC(c3ccc4c(F)c(Cl)ccc4c3)CCC2C1. The summed E-state index contributed by atoms with van der Waals surface area (Å²) in [6.07, 6.45) is 14.0. The minimum atomic E-state index is -0.286. The molecular weight excluding hydrogens is 355 g/mol. The number of unbranched alkanes of at least 4 members (excludes halogenated alkanes) is 2. The predicted octanol–water partition coefficient (Wildman–Crippen LogP) is 8.51. The van der Waals surface area contributed by atoms with Crippen LogP contribution in [0.2, 0.25) is 5.02 Å². The Labute approximate surface area is 168 Å². The van der Waals surface area contributed by atoms with Gasteiger partial charge in [-0.3, -0.25) is 0 Å². The third kappa shape index (κ3) is 4.19. The van der Waals surface area contributed by atoms with E-state index < -0.39 is 0 Å². The summed E-state index contributed by atoms with van der Waals surface area (Å²) in [6, 6.07) is 9.92. The molecule has 2 fully saturated rings. The molecule has 0 saturated heterocycles. The first-order chi connectivity index (χ1) is 13.2. The van der Waals surface area contributed by atoms with Crippen molar-refractivity contribution in [3.8, 4) is 0 Å². The monoisotopic (exact) mass is 386 g/mol. The lowest BCUT2D eigenvalue weighted by atomic mass is 9.63. The van der Waals surface area contributed by atoms with Crippen molar-refractivity contribution >= 4 is 22.4 Å². The maximum atomic E-state index is 14.2. The highest BCUT2D eigenvalue weighted by Crippen LogP contribution is 2.48. The fraction of sp³-hybridized carbons (Fsp3) is 0.600. The van der Waals surface area contributed by atoms with Crippen LogP contribution >= 0.6 is 11.6 Å². The second kappa shape index (κ2) is 8.52. The summed E-state index contributed by atoms with van der Waals surface area (Å²) in [6.45, 7) is 2.30. The molecule has 0 bridgehead atoms. The van der Waals surface area contributed by atoms with Crippen molar-refractivity contribution < 1.29 is 4.39 Å². The lowest BCUT2D eigenvalue weighted by Crippen LogP contribution is -2.30. The van der Waals surface area contributed by atoms with Crippen molar-refractivity contribution in [3.63, 3.8) is 0 Å². The van der Waals surface area contributed by atoms with E-state index in [1.54, 1.807) is 6.07 Å². The third-order valence-electron chi connectivity index (χ3n) is 7.34. The number of hydrogen-bond donors (Lipinski definition) is 0. The van der Waals surface area contributed by atoms with E-state index in [4.69, 9.17) is 11.6 Å². The lowest BCUT2D eigenvalue weighted by Gasteiger charge is -2.42. The van der Waals surface area contributed by atoms with Crippen molar-refractivity contribution in [3.05, 3.63) is 46.7 Å². The van der Waals surface area contributed by atoms with Gasteiger partial charge in [0.2, 0.25) is 0 Å². The molecule has 2 unspecified atom stereocenters. The van der Waals surface area contributed by atoms with Crippen LogP contribution in [0.3, 0.4) is 0 Å². The maximum Gasteiger partial charge on any atom is 0.149 e. The van der Waals surface area contributed by atoms with Gasteiger partial charge in [0.1, 0.15) is 5.82 Å². The van der Waals surface area contributed by atoms with Crippen LogP contribution in [0.5, 0.6) is 0 Å². The van der Waals surface area contributed by atoms with Crippen LogP contribution in [-0.2, 0) is 0 Å². The molecule has 2 aromatic rings. The molecule has 2 aliphatic carbocycles. The summed E-state index contributed by atoms with van der Waals surface area (Å²) in [4.78, 5) is 0. The summed E-state index contributed by atoms with van der Waals surface area (Å²) in [5, 5.41) is 1.84. The average Bonchev–Trinajstić information content (AvgIpc) is 2.70. The standard InChI is InChI=1S/C25H32ClF/c1-2-3-4-5-17-6-7-19-15-20(9-8-18(19)14-17)21-10-12-23-22(16-21)11-13-24(26)25(23)27/h10-13,16-20H,2-9,14-15H2,1H3/t17-,18?,19-,20?/m1/s1. The van der Waals surface area contributed by atoms with E-state index in [1.807, 2.05) is 12.1 Å². The van der Waals surface area contributed by atoms with Crippen molar-refractivity contribution in [2.45, 2.75) is 77.0 Å². The number of hydrogen-bond acceptors (Lipinski definition) is 0. The highest BCUT2D eigenvalue weighted by Gasteiger charge is 2.35. The number of rotatable bonds is 5. The largest absolute Gasteiger partial charge is 0.205 e. The highest BCUT2D eigenvalue weighted by atomic mass is 35.5. The lowest BCUT2D eigenvalue weighted by molar-refractivity contribution is 0.113. The second-order valence-electron chi connectivity index (χ2n) is 9.05. The third-order valence-corrected chi connectivity index (χ3v) is 7.63. The number of fused-ring (bicyclic) bond motifs is 2. The molecule has 2 aliphatic rings. The van der Waals surface area contributed by atoms with E-state index >= 15 is 0 Å². The molecule has 2 heteroatoms. The first-order valence-electron chi connectivity index (χ1n) is 11.0. The van der Waals surface area contributed by atoms with Gasteiger partial charge in [-0.2, -0.15) is 0 Å². The summed E-state index contributed by atoms with van der Waals surface area (Å²) in [7, 11) is 0. The Kier molecular flexibility index (Phi) is 6.07. The van der Waals surface area contributed by atoms with Crippen molar-refractivity contribution in [2.24, 2.45) is 17.8 Å². The van der Waals surface area contributed by atoms with Crippen LogP contribution in [0, 0.1) is 23.6 Å². The van der Waals surface area contributed by atoms with E-state index in [0.717, 1.165) is 23.1 Å². The number of benzene rings is 2. The Morgan fingerprint density at radius 1 is 0.963 bits per heavy atom. The van der Waals surface area contributed by atoms with E-state index in [-0.39, 0.29) is 10.8 Å². The fourth-order valence-corrected chi connectivity index (χ4v) is 5.94. The molecule has 4 rings (SSSR count). The van der Waals surface area contributed by atoms with Gasteiger partial charge in [0.15, 0.2) is 0 Å². The topological polar surface area (TPSA) is 0 Å². The molecule has 0 N–H and O–H groups in total. The predicted molar refractivity (Wildman–Crippen MR) is 114 cm³/mol. The Morgan fingerprint density at radius 3 is 2.63 bits per heavy atom. The molecule has 0 spiro atoms. The molecule has 0 aliphatic heterocycles. The molecule has 27 heavy (non-hydrogen) atoms. The van der Waals surface area contributed by atoms with Crippen LogP contribution in [0.15, 0.2) is 30.3 Å².